The van der Waals surface area contributed by atoms with Crippen molar-refractivity contribution >= 4 is 46.8 Å². The van der Waals surface area contributed by atoms with E-state index >= 15 is 0 Å². The lowest BCUT2D eigenvalue weighted by molar-refractivity contribution is -0.142. The number of halogens is 1. The van der Waals surface area contributed by atoms with Crippen LogP contribution in [0.2, 0.25) is 5.02 Å². The minimum Gasteiger partial charge on any atom is -0.452 e. The number of ether oxygens (including phenoxy) is 1. The van der Waals surface area contributed by atoms with E-state index < -0.39 is 18.5 Å². The number of carbonyl (C=O) groups is 4. The largest absolute Gasteiger partial charge is 0.452 e. The molecular weight excluding hydrogens is 430 g/mol. The molecular formula is C25H16ClNO5. The number of hydrogen-bond acceptors (Lipinski definition) is 5. The molecule has 1 aliphatic carbocycles. The van der Waals surface area contributed by atoms with E-state index in [-0.39, 0.29) is 22.7 Å². The Bertz CT molecular complexity index is 1290. The van der Waals surface area contributed by atoms with Crippen molar-refractivity contribution in [1.29, 1.82) is 0 Å². The third-order valence-electron chi connectivity index (χ3n) is 4.86. The van der Waals surface area contributed by atoms with Crippen LogP contribution >= 0.6 is 11.6 Å². The maximum absolute atomic E-state index is 12.8. The van der Waals surface area contributed by atoms with Crippen molar-refractivity contribution in [3.63, 3.8) is 0 Å². The van der Waals surface area contributed by atoms with Crippen LogP contribution in [-0.4, -0.2) is 30.0 Å². The van der Waals surface area contributed by atoms with E-state index in [0.29, 0.717) is 27.4 Å². The molecule has 0 fully saturated rings. The Kier molecular flexibility index (Phi) is 5.96. The lowest BCUT2D eigenvalue weighted by Gasteiger charge is -2.18. The summed E-state index contributed by atoms with van der Waals surface area (Å²) in [4.78, 5) is 49.4. The molecule has 0 unspecified atom stereocenters. The zero-order valence-corrected chi connectivity index (χ0v) is 17.4. The Morgan fingerprint density at radius 1 is 0.844 bits per heavy atom. The zero-order chi connectivity index (χ0) is 22.7. The number of amides is 1. The zero-order valence-electron chi connectivity index (χ0n) is 16.6. The molecule has 0 aromatic heterocycles. The monoisotopic (exact) mass is 445 g/mol. The molecule has 0 spiro atoms. The fourth-order valence-corrected chi connectivity index (χ4v) is 3.53. The highest BCUT2D eigenvalue weighted by Crippen LogP contribution is 2.29. The molecule has 0 saturated carbocycles. The second kappa shape index (κ2) is 8.99. The lowest BCUT2D eigenvalue weighted by atomic mass is 9.84. The molecule has 0 aliphatic heterocycles. The van der Waals surface area contributed by atoms with Crippen molar-refractivity contribution in [2.75, 3.05) is 11.9 Å². The summed E-state index contributed by atoms with van der Waals surface area (Å²) < 4.78 is 4.93. The van der Waals surface area contributed by atoms with Crippen LogP contribution in [0, 0.1) is 0 Å². The van der Waals surface area contributed by atoms with Gasteiger partial charge in [-0.05, 0) is 35.9 Å². The summed E-state index contributed by atoms with van der Waals surface area (Å²) in [6.07, 6.45) is 2.67. The van der Waals surface area contributed by atoms with Gasteiger partial charge in [0.15, 0.2) is 18.2 Å². The minimum absolute atomic E-state index is 0.214. The topological polar surface area (TPSA) is 89.5 Å². The van der Waals surface area contributed by atoms with E-state index in [0.717, 1.165) is 0 Å². The number of ketones is 2. The van der Waals surface area contributed by atoms with Crippen LogP contribution in [0.1, 0.15) is 37.4 Å². The summed E-state index contributed by atoms with van der Waals surface area (Å²) in [5.41, 5.74) is 2.14. The van der Waals surface area contributed by atoms with Gasteiger partial charge >= 0.3 is 5.97 Å². The summed E-state index contributed by atoms with van der Waals surface area (Å²) in [6.45, 7) is -0.515. The molecule has 0 heterocycles. The van der Waals surface area contributed by atoms with E-state index in [1.54, 1.807) is 48.5 Å². The first-order valence-electron chi connectivity index (χ1n) is 9.66. The normalized spacial score (nSPS) is 12.3. The molecule has 1 N–H and O–H groups in total. The fraction of sp³-hybridized carbons (Fsp3) is 0.0400. The van der Waals surface area contributed by atoms with E-state index in [1.807, 2.05) is 0 Å². The maximum atomic E-state index is 12.8. The molecule has 0 saturated heterocycles. The lowest BCUT2D eigenvalue weighted by Crippen LogP contribution is -2.23. The third-order valence-corrected chi connectivity index (χ3v) is 5.20. The van der Waals surface area contributed by atoms with E-state index in [4.69, 9.17) is 16.3 Å². The van der Waals surface area contributed by atoms with Gasteiger partial charge in [-0.25, -0.2) is 4.79 Å². The van der Waals surface area contributed by atoms with Gasteiger partial charge in [-0.1, -0.05) is 54.1 Å². The van der Waals surface area contributed by atoms with Crippen LogP contribution in [0.25, 0.3) is 6.08 Å². The van der Waals surface area contributed by atoms with Gasteiger partial charge in [0, 0.05) is 39.0 Å². The predicted octanol–water partition coefficient (Wildman–Crippen LogP) is 4.31. The first kappa shape index (κ1) is 21.2. The number of esters is 1. The number of carbonyl (C=O) groups excluding carboxylic acids is 4. The Morgan fingerprint density at radius 2 is 1.47 bits per heavy atom. The smallest absolute Gasteiger partial charge is 0.331 e. The van der Waals surface area contributed by atoms with E-state index in [1.165, 1.54) is 30.4 Å². The average Bonchev–Trinajstić information content (AvgIpc) is 2.80. The molecule has 3 aromatic carbocycles. The molecule has 158 valence electrons. The van der Waals surface area contributed by atoms with E-state index in [2.05, 4.69) is 5.32 Å². The maximum Gasteiger partial charge on any atom is 0.331 e. The van der Waals surface area contributed by atoms with Crippen molar-refractivity contribution in [3.05, 3.63) is 106 Å². The third kappa shape index (κ3) is 4.36. The molecule has 0 radical (unpaired) electrons. The Morgan fingerprint density at radius 3 is 2.19 bits per heavy atom. The highest BCUT2D eigenvalue weighted by molar-refractivity contribution is 6.32. The number of anilines is 1. The van der Waals surface area contributed by atoms with Crippen LogP contribution in [0.3, 0.4) is 0 Å². The van der Waals surface area contributed by atoms with Crippen molar-refractivity contribution in [2.45, 2.75) is 0 Å². The summed E-state index contributed by atoms with van der Waals surface area (Å²) in [7, 11) is 0. The van der Waals surface area contributed by atoms with E-state index in [9.17, 15) is 19.2 Å². The number of hydrogen-bond donors (Lipinski definition) is 1. The van der Waals surface area contributed by atoms with Crippen molar-refractivity contribution < 1.29 is 23.9 Å². The van der Waals surface area contributed by atoms with Gasteiger partial charge in [-0.3, -0.25) is 14.4 Å². The number of fused-ring (bicyclic) bond motifs is 2. The molecule has 4 rings (SSSR count). The van der Waals surface area contributed by atoms with Crippen LogP contribution < -0.4 is 5.32 Å². The van der Waals surface area contributed by atoms with Gasteiger partial charge in [-0.2, -0.15) is 0 Å². The number of rotatable bonds is 5. The average molecular weight is 446 g/mol. The Labute approximate surface area is 188 Å². The molecule has 3 aromatic rings. The van der Waals surface area contributed by atoms with Gasteiger partial charge in [0.25, 0.3) is 5.91 Å². The van der Waals surface area contributed by atoms with Gasteiger partial charge in [0.2, 0.25) is 0 Å². The molecule has 6 nitrogen and oxygen atoms in total. The second-order valence-electron chi connectivity index (χ2n) is 6.97. The Hall–Kier alpha value is -4.03. The molecule has 0 atom stereocenters. The highest BCUT2D eigenvalue weighted by Gasteiger charge is 2.29. The van der Waals surface area contributed by atoms with Gasteiger partial charge in [0.05, 0.1) is 0 Å². The summed E-state index contributed by atoms with van der Waals surface area (Å²) in [5, 5.41) is 3.05. The highest BCUT2D eigenvalue weighted by atomic mass is 35.5. The molecule has 1 aliphatic rings. The van der Waals surface area contributed by atoms with Gasteiger partial charge in [-0.15, -0.1) is 0 Å². The number of benzene rings is 3. The predicted molar refractivity (Wildman–Crippen MR) is 120 cm³/mol. The summed E-state index contributed by atoms with van der Waals surface area (Å²) in [5.74, 6) is -1.82. The summed E-state index contributed by atoms with van der Waals surface area (Å²) in [6, 6.07) is 18.0. The first-order valence-corrected chi connectivity index (χ1v) is 10.0. The molecule has 1 amide bonds. The quantitative estimate of drug-likeness (QED) is 0.365. The summed E-state index contributed by atoms with van der Waals surface area (Å²) >= 11 is 6.01. The first-order chi connectivity index (χ1) is 15.4. The van der Waals surface area contributed by atoms with Crippen molar-refractivity contribution in [3.8, 4) is 0 Å². The van der Waals surface area contributed by atoms with Crippen molar-refractivity contribution in [2.24, 2.45) is 0 Å². The fourth-order valence-electron chi connectivity index (χ4n) is 3.33. The number of nitrogens with one attached hydrogen (secondary N) is 1. The van der Waals surface area contributed by atoms with Crippen LogP contribution in [0.15, 0.2) is 72.8 Å². The van der Waals surface area contributed by atoms with Crippen LogP contribution in [0.4, 0.5) is 5.69 Å². The van der Waals surface area contributed by atoms with Crippen LogP contribution in [-0.2, 0) is 14.3 Å². The van der Waals surface area contributed by atoms with Crippen LogP contribution in [0.5, 0.6) is 0 Å². The second-order valence-corrected chi connectivity index (χ2v) is 7.38. The van der Waals surface area contributed by atoms with Gasteiger partial charge < -0.3 is 10.1 Å². The minimum atomic E-state index is -0.706. The van der Waals surface area contributed by atoms with Gasteiger partial charge in [0.1, 0.15) is 0 Å². The Balaban J connectivity index is 1.39. The standard InChI is InChI=1S/C25H16ClNO5/c26-21-8-4-1-5-15(21)9-12-23(29)32-14-22(28)27-16-10-11-19-20(13-16)25(31)18-7-3-2-6-17(18)24(19)30/h1-13H,14H2,(H,27,28)/b12-9+. The SMILES string of the molecule is O=C(COC(=O)/C=C/c1ccccc1Cl)Nc1ccc2c(c1)C(=O)c1ccccc1C2=O. The molecule has 7 heteroatoms. The molecule has 32 heavy (non-hydrogen) atoms. The van der Waals surface area contributed by atoms with Crippen molar-refractivity contribution in [1.82, 2.24) is 0 Å². The molecule has 0 bridgehead atoms.